The van der Waals surface area contributed by atoms with Crippen LogP contribution in [-0.4, -0.2) is 18.3 Å². The summed E-state index contributed by atoms with van der Waals surface area (Å²) in [6.07, 6.45) is 0. The standard InChI is InChI=1S/C16H13Cl2NO3/c1-10(20)12-4-2-3-5-15(12)19-16(21)9-22-11-6-7-13(17)14(18)8-11/h2-8H,9H2,1H3,(H,19,21). The molecule has 1 amide bonds. The Hall–Kier alpha value is -2.04. The lowest BCUT2D eigenvalue weighted by Gasteiger charge is -2.10. The SMILES string of the molecule is CC(=O)c1ccccc1NC(=O)COc1ccc(Cl)c(Cl)c1. The number of halogens is 2. The van der Waals surface area contributed by atoms with Gasteiger partial charge < -0.3 is 10.1 Å². The maximum absolute atomic E-state index is 11.9. The van der Waals surface area contributed by atoms with E-state index in [9.17, 15) is 9.59 Å². The topological polar surface area (TPSA) is 55.4 Å². The fourth-order valence-electron chi connectivity index (χ4n) is 1.80. The molecule has 22 heavy (non-hydrogen) atoms. The number of Topliss-reactive ketones (excluding diaryl/α,β-unsaturated/α-hetero) is 1. The number of anilines is 1. The van der Waals surface area contributed by atoms with Crippen LogP contribution in [-0.2, 0) is 4.79 Å². The van der Waals surface area contributed by atoms with Gasteiger partial charge in [0.1, 0.15) is 5.75 Å². The molecule has 0 spiro atoms. The van der Waals surface area contributed by atoms with Crippen molar-refractivity contribution in [1.29, 1.82) is 0 Å². The highest BCUT2D eigenvalue weighted by molar-refractivity contribution is 6.42. The molecule has 114 valence electrons. The Balaban J connectivity index is 1.99. The van der Waals surface area contributed by atoms with Crippen LogP contribution in [0.4, 0.5) is 5.69 Å². The fourth-order valence-corrected chi connectivity index (χ4v) is 2.09. The van der Waals surface area contributed by atoms with Gasteiger partial charge in [0.25, 0.3) is 5.91 Å². The molecule has 2 aromatic carbocycles. The van der Waals surface area contributed by atoms with Crippen LogP contribution in [0, 0.1) is 0 Å². The monoisotopic (exact) mass is 337 g/mol. The van der Waals surface area contributed by atoms with E-state index in [4.69, 9.17) is 27.9 Å². The van der Waals surface area contributed by atoms with Crippen molar-refractivity contribution in [2.45, 2.75) is 6.92 Å². The van der Waals surface area contributed by atoms with Crippen molar-refractivity contribution in [1.82, 2.24) is 0 Å². The molecular formula is C16H13Cl2NO3. The summed E-state index contributed by atoms with van der Waals surface area (Å²) in [6.45, 7) is 1.24. The van der Waals surface area contributed by atoms with Crippen LogP contribution in [0.1, 0.15) is 17.3 Å². The molecule has 0 aliphatic heterocycles. The Kier molecular flexibility index (Phi) is 5.41. The van der Waals surface area contributed by atoms with Crippen LogP contribution in [0.2, 0.25) is 10.0 Å². The number of para-hydroxylation sites is 1. The van der Waals surface area contributed by atoms with Crippen LogP contribution < -0.4 is 10.1 Å². The second-order valence-electron chi connectivity index (χ2n) is 4.51. The number of ketones is 1. The fraction of sp³-hybridized carbons (Fsp3) is 0.125. The van der Waals surface area contributed by atoms with Crippen molar-refractivity contribution in [3.05, 3.63) is 58.1 Å². The van der Waals surface area contributed by atoms with Gasteiger partial charge in [-0.2, -0.15) is 0 Å². The number of nitrogens with one attached hydrogen (secondary N) is 1. The highest BCUT2D eigenvalue weighted by atomic mass is 35.5. The third-order valence-corrected chi connectivity index (χ3v) is 3.58. The molecule has 0 aromatic heterocycles. The average molecular weight is 338 g/mol. The van der Waals surface area contributed by atoms with Gasteiger partial charge in [-0.1, -0.05) is 35.3 Å². The molecule has 4 nitrogen and oxygen atoms in total. The van der Waals surface area contributed by atoms with Crippen molar-refractivity contribution < 1.29 is 14.3 Å². The summed E-state index contributed by atoms with van der Waals surface area (Å²) >= 11 is 11.7. The molecule has 0 atom stereocenters. The van der Waals surface area contributed by atoms with Crippen molar-refractivity contribution in [3.63, 3.8) is 0 Å². The van der Waals surface area contributed by atoms with Gasteiger partial charge in [0.2, 0.25) is 0 Å². The van der Waals surface area contributed by atoms with Crippen LogP contribution in [0.25, 0.3) is 0 Å². The number of ether oxygens (including phenoxy) is 1. The van der Waals surface area contributed by atoms with Gasteiger partial charge in [0.15, 0.2) is 12.4 Å². The minimum Gasteiger partial charge on any atom is -0.484 e. The number of amides is 1. The number of hydrogen-bond donors (Lipinski definition) is 1. The van der Waals surface area contributed by atoms with Gasteiger partial charge in [-0.05, 0) is 31.2 Å². The molecule has 0 fully saturated rings. The molecule has 0 saturated heterocycles. The first-order valence-corrected chi connectivity index (χ1v) is 7.20. The third-order valence-electron chi connectivity index (χ3n) is 2.84. The van der Waals surface area contributed by atoms with Crippen LogP contribution in [0.3, 0.4) is 0 Å². The van der Waals surface area contributed by atoms with Crippen LogP contribution in [0.5, 0.6) is 5.75 Å². The van der Waals surface area contributed by atoms with E-state index in [0.29, 0.717) is 27.0 Å². The number of rotatable bonds is 5. The van der Waals surface area contributed by atoms with Crippen LogP contribution in [0.15, 0.2) is 42.5 Å². The molecular weight excluding hydrogens is 325 g/mol. The van der Waals surface area contributed by atoms with E-state index < -0.39 is 0 Å². The first kappa shape index (κ1) is 16.3. The lowest BCUT2D eigenvalue weighted by molar-refractivity contribution is -0.118. The summed E-state index contributed by atoms with van der Waals surface area (Å²) in [5, 5.41) is 3.40. The Morgan fingerprint density at radius 2 is 1.82 bits per heavy atom. The quantitative estimate of drug-likeness (QED) is 0.831. The summed E-state index contributed by atoms with van der Waals surface area (Å²) in [4.78, 5) is 23.4. The van der Waals surface area contributed by atoms with E-state index in [-0.39, 0.29) is 18.3 Å². The molecule has 0 aliphatic carbocycles. The minimum absolute atomic E-state index is 0.124. The summed E-state index contributed by atoms with van der Waals surface area (Å²) in [5.41, 5.74) is 0.906. The van der Waals surface area contributed by atoms with Gasteiger partial charge in [-0.3, -0.25) is 9.59 Å². The van der Waals surface area contributed by atoms with E-state index in [1.165, 1.54) is 13.0 Å². The first-order valence-electron chi connectivity index (χ1n) is 6.45. The van der Waals surface area contributed by atoms with Crippen LogP contribution >= 0.6 is 23.2 Å². The number of carbonyl (C=O) groups is 2. The normalized spacial score (nSPS) is 10.1. The first-order chi connectivity index (χ1) is 10.5. The van der Waals surface area contributed by atoms with E-state index in [0.717, 1.165) is 0 Å². The lowest BCUT2D eigenvalue weighted by atomic mass is 10.1. The Morgan fingerprint density at radius 1 is 1.09 bits per heavy atom. The molecule has 1 N–H and O–H groups in total. The highest BCUT2D eigenvalue weighted by Crippen LogP contribution is 2.26. The summed E-state index contributed by atoms with van der Waals surface area (Å²) in [6, 6.07) is 11.5. The molecule has 6 heteroatoms. The average Bonchev–Trinajstić information content (AvgIpc) is 2.49. The van der Waals surface area contributed by atoms with Crippen molar-refractivity contribution in [2.24, 2.45) is 0 Å². The molecule has 0 heterocycles. The molecule has 0 unspecified atom stereocenters. The van der Waals surface area contributed by atoms with Gasteiger partial charge in [-0.15, -0.1) is 0 Å². The molecule has 2 aromatic rings. The zero-order valence-corrected chi connectivity index (χ0v) is 13.2. The summed E-state index contributed by atoms with van der Waals surface area (Å²) in [5.74, 6) is -0.0644. The van der Waals surface area contributed by atoms with E-state index in [2.05, 4.69) is 5.32 Å². The maximum atomic E-state index is 11.9. The second kappa shape index (κ2) is 7.29. The summed E-state index contributed by atoms with van der Waals surface area (Å²) < 4.78 is 5.34. The molecule has 0 bridgehead atoms. The number of hydrogen-bond acceptors (Lipinski definition) is 3. The van der Waals surface area contributed by atoms with Crippen molar-refractivity contribution in [2.75, 3.05) is 11.9 Å². The predicted octanol–water partition coefficient (Wildman–Crippen LogP) is 4.21. The van der Waals surface area contributed by atoms with Gasteiger partial charge in [-0.25, -0.2) is 0 Å². The van der Waals surface area contributed by atoms with E-state index in [1.54, 1.807) is 36.4 Å². The van der Waals surface area contributed by atoms with Gasteiger partial charge >= 0.3 is 0 Å². The smallest absolute Gasteiger partial charge is 0.262 e. The lowest BCUT2D eigenvalue weighted by Crippen LogP contribution is -2.21. The molecule has 0 saturated carbocycles. The zero-order chi connectivity index (χ0) is 16.1. The summed E-state index contributed by atoms with van der Waals surface area (Å²) in [7, 11) is 0. The predicted molar refractivity (Wildman–Crippen MR) is 87.0 cm³/mol. The highest BCUT2D eigenvalue weighted by Gasteiger charge is 2.10. The molecule has 2 rings (SSSR count). The molecule has 0 aliphatic rings. The Bertz CT molecular complexity index is 716. The Morgan fingerprint density at radius 3 is 2.50 bits per heavy atom. The number of carbonyl (C=O) groups excluding carboxylic acids is 2. The Labute approximate surface area is 138 Å². The maximum Gasteiger partial charge on any atom is 0.262 e. The second-order valence-corrected chi connectivity index (χ2v) is 5.33. The van der Waals surface area contributed by atoms with E-state index in [1.807, 2.05) is 0 Å². The minimum atomic E-state index is -0.375. The number of benzene rings is 2. The van der Waals surface area contributed by atoms with E-state index >= 15 is 0 Å². The largest absolute Gasteiger partial charge is 0.484 e. The third kappa shape index (κ3) is 4.23. The van der Waals surface area contributed by atoms with Gasteiger partial charge in [0.05, 0.1) is 15.7 Å². The molecule has 0 radical (unpaired) electrons. The van der Waals surface area contributed by atoms with Crippen molar-refractivity contribution >= 4 is 40.6 Å². The zero-order valence-electron chi connectivity index (χ0n) is 11.7. The van der Waals surface area contributed by atoms with Crippen molar-refractivity contribution in [3.8, 4) is 5.75 Å². The van der Waals surface area contributed by atoms with Gasteiger partial charge in [0, 0.05) is 11.6 Å².